The molecule has 0 saturated carbocycles. The molecule has 0 radical (unpaired) electrons. The summed E-state index contributed by atoms with van der Waals surface area (Å²) in [5.41, 5.74) is 6.13. The van der Waals surface area contributed by atoms with Gasteiger partial charge in [-0.1, -0.05) is 18.2 Å². The number of anilines is 1. The molecule has 1 fully saturated rings. The fourth-order valence-electron chi connectivity index (χ4n) is 2.49. The van der Waals surface area contributed by atoms with E-state index in [2.05, 4.69) is 5.32 Å². The summed E-state index contributed by atoms with van der Waals surface area (Å²) in [6.07, 6.45) is 1.52. The SMILES string of the molecule is C[C@@H](C(N)=O)N1CCC(C(=O)Nc2ccccc2)CC1. The van der Waals surface area contributed by atoms with E-state index in [-0.39, 0.29) is 23.8 Å². The molecule has 0 aromatic heterocycles. The van der Waals surface area contributed by atoms with Crippen LogP contribution in [0.4, 0.5) is 5.69 Å². The lowest BCUT2D eigenvalue weighted by Crippen LogP contribution is -2.47. The first-order valence-electron chi connectivity index (χ1n) is 6.97. The van der Waals surface area contributed by atoms with Gasteiger partial charge in [-0.25, -0.2) is 0 Å². The van der Waals surface area contributed by atoms with Crippen molar-refractivity contribution in [1.29, 1.82) is 0 Å². The number of hydrogen-bond acceptors (Lipinski definition) is 3. The Bertz CT molecular complexity index is 467. The van der Waals surface area contributed by atoms with Crippen molar-refractivity contribution in [2.75, 3.05) is 18.4 Å². The van der Waals surface area contributed by atoms with Gasteiger partial charge in [0.2, 0.25) is 11.8 Å². The molecule has 5 nitrogen and oxygen atoms in total. The summed E-state index contributed by atoms with van der Waals surface area (Å²) in [4.78, 5) is 25.3. The lowest BCUT2D eigenvalue weighted by atomic mass is 9.95. The fourth-order valence-corrected chi connectivity index (χ4v) is 2.49. The number of nitrogens with one attached hydrogen (secondary N) is 1. The second-order valence-corrected chi connectivity index (χ2v) is 5.24. The molecule has 1 aliphatic rings. The average molecular weight is 275 g/mol. The number of amides is 2. The number of carbonyl (C=O) groups is 2. The number of likely N-dealkylation sites (tertiary alicyclic amines) is 1. The molecule has 2 amide bonds. The van der Waals surface area contributed by atoms with Gasteiger partial charge >= 0.3 is 0 Å². The summed E-state index contributed by atoms with van der Waals surface area (Å²) in [5, 5.41) is 2.93. The summed E-state index contributed by atoms with van der Waals surface area (Å²) >= 11 is 0. The van der Waals surface area contributed by atoms with E-state index in [9.17, 15) is 9.59 Å². The predicted octanol–water partition coefficient (Wildman–Crippen LogP) is 1.21. The van der Waals surface area contributed by atoms with Crippen molar-refractivity contribution < 1.29 is 9.59 Å². The van der Waals surface area contributed by atoms with Crippen LogP contribution < -0.4 is 11.1 Å². The number of piperidine rings is 1. The zero-order valence-corrected chi connectivity index (χ0v) is 11.7. The molecule has 3 N–H and O–H groups in total. The molecular weight excluding hydrogens is 254 g/mol. The Balaban J connectivity index is 1.84. The first kappa shape index (κ1) is 14.5. The number of rotatable bonds is 4. The average Bonchev–Trinajstić information content (AvgIpc) is 2.47. The number of nitrogens with two attached hydrogens (primary N) is 1. The Hall–Kier alpha value is -1.88. The summed E-state index contributed by atoms with van der Waals surface area (Å²) in [6, 6.07) is 9.21. The smallest absolute Gasteiger partial charge is 0.234 e. The van der Waals surface area contributed by atoms with Gasteiger partial charge in [-0.05, 0) is 45.0 Å². The first-order valence-corrected chi connectivity index (χ1v) is 6.97. The third kappa shape index (κ3) is 3.57. The van der Waals surface area contributed by atoms with Gasteiger partial charge < -0.3 is 11.1 Å². The van der Waals surface area contributed by atoms with Crippen LogP contribution in [0.5, 0.6) is 0 Å². The molecular formula is C15H21N3O2. The van der Waals surface area contributed by atoms with E-state index < -0.39 is 0 Å². The Kier molecular flexibility index (Phi) is 4.74. The van der Waals surface area contributed by atoms with Crippen LogP contribution in [0.1, 0.15) is 19.8 Å². The minimum absolute atomic E-state index is 0.00605. The number of benzene rings is 1. The van der Waals surface area contributed by atoms with E-state index in [4.69, 9.17) is 5.73 Å². The number of carbonyl (C=O) groups excluding carboxylic acids is 2. The van der Waals surface area contributed by atoms with Crippen molar-refractivity contribution >= 4 is 17.5 Å². The molecule has 1 atom stereocenters. The van der Waals surface area contributed by atoms with Crippen LogP contribution in [0.25, 0.3) is 0 Å². The largest absolute Gasteiger partial charge is 0.368 e. The van der Waals surface area contributed by atoms with Gasteiger partial charge in [0.25, 0.3) is 0 Å². The molecule has 1 aliphatic heterocycles. The molecule has 0 unspecified atom stereocenters. The Morgan fingerprint density at radius 3 is 2.40 bits per heavy atom. The Morgan fingerprint density at radius 1 is 1.25 bits per heavy atom. The van der Waals surface area contributed by atoms with Crippen LogP contribution in [-0.4, -0.2) is 35.8 Å². The Morgan fingerprint density at radius 2 is 1.85 bits per heavy atom. The van der Waals surface area contributed by atoms with E-state index in [0.29, 0.717) is 0 Å². The molecule has 0 spiro atoms. The second-order valence-electron chi connectivity index (χ2n) is 5.24. The maximum absolute atomic E-state index is 12.2. The third-order valence-corrected chi connectivity index (χ3v) is 3.90. The van der Waals surface area contributed by atoms with E-state index in [1.807, 2.05) is 42.2 Å². The standard InChI is InChI=1S/C15H21N3O2/c1-11(14(16)19)18-9-7-12(8-10-18)15(20)17-13-5-3-2-4-6-13/h2-6,11-12H,7-10H2,1H3,(H2,16,19)(H,17,20)/t11-/m0/s1. The van der Waals surface area contributed by atoms with Crippen LogP contribution >= 0.6 is 0 Å². The highest BCUT2D eigenvalue weighted by Crippen LogP contribution is 2.20. The van der Waals surface area contributed by atoms with Crippen molar-refractivity contribution in [2.24, 2.45) is 11.7 Å². The highest BCUT2D eigenvalue weighted by molar-refractivity contribution is 5.92. The number of hydrogen-bond donors (Lipinski definition) is 2. The fraction of sp³-hybridized carbons (Fsp3) is 0.467. The van der Waals surface area contributed by atoms with Crippen molar-refractivity contribution in [2.45, 2.75) is 25.8 Å². The number of nitrogens with zero attached hydrogens (tertiary/aromatic N) is 1. The highest BCUT2D eigenvalue weighted by Gasteiger charge is 2.28. The van der Waals surface area contributed by atoms with Gasteiger partial charge in [-0.2, -0.15) is 0 Å². The van der Waals surface area contributed by atoms with E-state index in [1.54, 1.807) is 0 Å². The molecule has 1 saturated heterocycles. The van der Waals surface area contributed by atoms with Gasteiger partial charge in [0.15, 0.2) is 0 Å². The van der Waals surface area contributed by atoms with Crippen molar-refractivity contribution in [3.05, 3.63) is 30.3 Å². The van der Waals surface area contributed by atoms with E-state index >= 15 is 0 Å². The van der Waals surface area contributed by atoms with Crippen molar-refractivity contribution in [3.8, 4) is 0 Å². The molecule has 1 aromatic rings. The lowest BCUT2D eigenvalue weighted by Gasteiger charge is -2.34. The predicted molar refractivity (Wildman–Crippen MR) is 78.0 cm³/mol. The van der Waals surface area contributed by atoms with Crippen LogP contribution in [0.2, 0.25) is 0 Å². The number of primary amides is 1. The second kappa shape index (κ2) is 6.52. The summed E-state index contributed by atoms with van der Waals surface area (Å²) in [7, 11) is 0. The van der Waals surface area contributed by atoms with E-state index in [1.165, 1.54) is 0 Å². The van der Waals surface area contributed by atoms with Crippen LogP contribution in [0.15, 0.2) is 30.3 Å². The quantitative estimate of drug-likeness (QED) is 0.867. The molecule has 1 aromatic carbocycles. The number of para-hydroxylation sites is 1. The monoisotopic (exact) mass is 275 g/mol. The minimum Gasteiger partial charge on any atom is -0.368 e. The highest BCUT2D eigenvalue weighted by atomic mass is 16.2. The zero-order valence-electron chi connectivity index (χ0n) is 11.7. The summed E-state index contributed by atoms with van der Waals surface area (Å²) in [5.74, 6) is -0.244. The zero-order chi connectivity index (χ0) is 14.5. The maximum atomic E-state index is 12.2. The molecule has 1 heterocycles. The van der Waals surface area contributed by atoms with Crippen LogP contribution in [-0.2, 0) is 9.59 Å². The van der Waals surface area contributed by atoms with Crippen molar-refractivity contribution in [3.63, 3.8) is 0 Å². The summed E-state index contributed by atoms with van der Waals surface area (Å²) < 4.78 is 0. The molecule has 108 valence electrons. The van der Waals surface area contributed by atoms with Gasteiger partial charge in [-0.3, -0.25) is 14.5 Å². The molecule has 0 bridgehead atoms. The van der Waals surface area contributed by atoms with Gasteiger partial charge in [0.1, 0.15) is 0 Å². The first-order chi connectivity index (χ1) is 9.58. The van der Waals surface area contributed by atoms with Gasteiger partial charge in [0, 0.05) is 11.6 Å². The van der Waals surface area contributed by atoms with Crippen LogP contribution in [0.3, 0.4) is 0 Å². The van der Waals surface area contributed by atoms with Gasteiger partial charge in [-0.15, -0.1) is 0 Å². The Labute approximate surface area is 119 Å². The van der Waals surface area contributed by atoms with E-state index in [0.717, 1.165) is 31.6 Å². The van der Waals surface area contributed by atoms with Crippen LogP contribution in [0, 0.1) is 5.92 Å². The minimum atomic E-state index is -0.308. The van der Waals surface area contributed by atoms with Gasteiger partial charge in [0.05, 0.1) is 6.04 Å². The molecule has 5 heteroatoms. The van der Waals surface area contributed by atoms with Crippen molar-refractivity contribution in [1.82, 2.24) is 4.90 Å². The normalized spacial score (nSPS) is 18.4. The third-order valence-electron chi connectivity index (χ3n) is 3.90. The topological polar surface area (TPSA) is 75.4 Å². The lowest BCUT2D eigenvalue weighted by molar-refractivity contribution is -0.124. The molecule has 2 rings (SSSR count). The molecule has 0 aliphatic carbocycles. The molecule has 20 heavy (non-hydrogen) atoms. The summed E-state index contributed by atoms with van der Waals surface area (Å²) in [6.45, 7) is 3.28. The maximum Gasteiger partial charge on any atom is 0.234 e.